The van der Waals surface area contributed by atoms with Crippen LogP contribution in [0.25, 0.3) is 0 Å². The number of aliphatic carboxylic acids is 1. The minimum atomic E-state index is -1.16. The van der Waals surface area contributed by atoms with Crippen molar-refractivity contribution >= 4 is 11.7 Å². The lowest BCUT2D eigenvalue weighted by atomic mass is 9.92. The lowest BCUT2D eigenvalue weighted by Crippen LogP contribution is -2.47. The maximum absolute atomic E-state index is 13.1. The van der Waals surface area contributed by atoms with Crippen LogP contribution in [0.2, 0.25) is 0 Å². The van der Waals surface area contributed by atoms with Crippen molar-refractivity contribution in [2.24, 2.45) is 5.73 Å². The summed E-state index contributed by atoms with van der Waals surface area (Å²) in [6.07, 6.45) is 1.44. The normalized spacial score (nSPS) is 13.9. The van der Waals surface area contributed by atoms with Gasteiger partial charge in [0.25, 0.3) is 0 Å². The Morgan fingerprint density at radius 2 is 2.21 bits per heavy atom. The molecule has 0 aromatic heterocycles. The second-order valence-electron chi connectivity index (χ2n) is 4.82. The van der Waals surface area contributed by atoms with Crippen LogP contribution in [0.4, 0.5) is 10.1 Å². The highest BCUT2D eigenvalue weighted by atomic mass is 19.1. The zero-order chi connectivity index (χ0) is 14.5. The molecule has 0 heterocycles. The van der Waals surface area contributed by atoms with Crippen molar-refractivity contribution in [3.63, 3.8) is 0 Å². The molecule has 0 radical (unpaired) electrons. The van der Waals surface area contributed by atoms with Gasteiger partial charge >= 0.3 is 5.97 Å². The van der Waals surface area contributed by atoms with Crippen molar-refractivity contribution in [2.45, 2.75) is 31.7 Å². The minimum absolute atomic E-state index is 0.281. The van der Waals surface area contributed by atoms with Crippen molar-refractivity contribution in [2.75, 3.05) is 18.5 Å². The molecule has 5 heteroatoms. The van der Waals surface area contributed by atoms with Crippen LogP contribution in [0.5, 0.6) is 0 Å². The lowest BCUT2D eigenvalue weighted by Gasteiger charge is -2.25. The van der Waals surface area contributed by atoms with Crippen LogP contribution in [0.1, 0.15) is 26.2 Å². The zero-order valence-electron chi connectivity index (χ0n) is 11.4. The van der Waals surface area contributed by atoms with E-state index < -0.39 is 11.5 Å². The van der Waals surface area contributed by atoms with Crippen LogP contribution in [-0.2, 0) is 4.79 Å². The Labute approximate surface area is 113 Å². The molecule has 106 valence electrons. The molecule has 19 heavy (non-hydrogen) atoms. The molecule has 1 aromatic carbocycles. The average molecular weight is 268 g/mol. The molecule has 1 unspecified atom stereocenters. The third-order valence-electron chi connectivity index (χ3n) is 3.42. The highest BCUT2D eigenvalue weighted by Gasteiger charge is 2.31. The van der Waals surface area contributed by atoms with Crippen molar-refractivity contribution < 1.29 is 14.3 Å². The maximum atomic E-state index is 13.1. The molecular formula is C14H21FN2O2. The lowest BCUT2D eigenvalue weighted by molar-refractivity contribution is -0.143. The SMILES string of the molecule is CCC(N)(CCCN(C)c1cccc(F)c1)C(=O)O. The first-order valence-corrected chi connectivity index (χ1v) is 6.38. The van der Waals surface area contributed by atoms with Crippen LogP contribution in [0.3, 0.4) is 0 Å². The summed E-state index contributed by atoms with van der Waals surface area (Å²) in [5.41, 5.74) is 5.42. The highest BCUT2D eigenvalue weighted by Crippen LogP contribution is 2.18. The van der Waals surface area contributed by atoms with Gasteiger partial charge in [0.05, 0.1) is 0 Å². The van der Waals surface area contributed by atoms with Gasteiger partial charge in [-0.15, -0.1) is 0 Å². The number of carboxylic acids is 1. The maximum Gasteiger partial charge on any atom is 0.323 e. The molecule has 0 amide bonds. The third-order valence-corrected chi connectivity index (χ3v) is 3.42. The molecule has 0 spiro atoms. The summed E-state index contributed by atoms with van der Waals surface area (Å²) in [5.74, 6) is -1.25. The number of benzene rings is 1. The number of rotatable bonds is 7. The van der Waals surface area contributed by atoms with E-state index in [9.17, 15) is 9.18 Å². The fraction of sp³-hybridized carbons (Fsp3) is 0.500. The molecule has 1 atom stereocenters. The number of hydrogen-bond donors (Lipinski definition) is 2. The van der Waals surface area contributed by atoms with Crippen LogP contribution < -0.4 is 10.6 Å². The van der Waals surface area contributed by atoms with Gasteiger partial charge in [-0.05, 0) is 37.5 Å². The Morgan fingerprint density at radius 3 is 2.74 bits per heavy atom. The fourth-order valence-electron chi connectivity index (χ4n) is 1.91. The fourth-order valence-corrected chi connectivity index (χ4v) is 1.91. The van der Waals surface area contributed by atoms with Gasteiger partial charge in [0, 0.05) is 19.3 Å². The Balaban J connectivity index is 2.51. The van der Waals surface area contributed by atoms with Crippen molar-refractivity contribution in [1.29, 1.82) is 0 Å². The van der Waals surface area contributed by atoms with E-state index >= 15 is 0 Å². The van der Waals surface area contributed by atoms with Gasteiger partial charge < -0.3 is 15.7 Å². The van der Waals surface area contributed by atoms with Gasteiger partial charge in [-0.25, -0.2) is 4.39 Å². The number of halogens is 1. The Bertz CT molecular complexity index is 439. The van der Waals surface area contributed by atoms with Crippen LogP contribution >= 0.6 is 0 Å². The second kappa shape index (κ2) is 6.52. The number of carbonyl (C=O) groups is 1. The molecule has 0 saturated heterocycles. The number of nitrogens with two attached hydrogens (primary N) is 1. The summed E-state index contributed by atoms with van der Waals surface area (Å²) in [6.45, 7) is 2.40. The van der Waals surface area contributed by atoms with Crippen LogP contribution in [0, 0.1) is 5.82 Å². The molecular weight excluding hydrogens is 247 g/mol. The Kier molecular flexibility index (Phi) is 5.30. The van der Waals surface area contributed by atoms with Crippen LogP contribution in [0.15, 0.2) is 24.3 Å². The number of hydrogen-bond acceptors (Lipinski definition) is 3. The minimum Gasteiger partial charge on any atom is -0.480 e. The van der Waals surface area contributed by atoms with E-state index in [1.807, 2.05) is 18.0 Å². The molecule has 0 bridgehead atoms. The summed E-state index contributed by atoms with van der Waals surface area (Å²) in [4.78, 5) is 12.9. The molecule has 3 N–H and O–H groups in total. The van der Waals surface area contributed by atoms with Crippen molar-refractivity contribution in [3.8, 4) is 0 Å². The number of carboxylic acid groups (broad SMARTS) is 1. The van der Waals surface area contributed by atoms with Gasteiger partial charge in [-0.3, -0.25) is 4.79 Å². The van der Waals surface area contributed by atoms with E-state index in [4.69, 9.17) is 10.8 Å². The van der Waals surface area contributed by atoms with E-state index in [2.05, 4.69) is 0 Å². The summed E-state index contributed by atoms with van der Waals surface area (Å²) in [6, 6.07) is 6.31. The van der Waals surface area contributed by atoms with Crippen molar-refractivity contribution in [3.05, 3.63) is 30.1 Å². The van der Waals surface area contributed by atoms with Gasteiger partial charge in [-0.1, -0.05) is 13.0 Å². The van der Waals surface area contributed by atoms with Gasteiger partial charge in [-0.2, -0.15) is 0 Å². The van der Waals surface area contributed by atoms with Gasteiger partial charge in [0.1, 0.15) is 11.4 Å². The first-order chi connectivity index (χ1) is 8.89. The van der Waals surface area contributed by atoms with Gasteiger partial charge in [0.15, 0.2) is 0 Å². The second-order valence-corrected chi connectivity index (χ2v) is 4.82. The van der Waals surface area contributed by atoms with Crippen molar-refractivity contribution in [1.82, 2.24) is 0 Å². The topological polar surface area (TPSA) is 66.6 Å². The quantitative estimate of drug-likeness (QED) is 0.796. The van der Waals surface area contributed by atoms with E-state index in [0.717, 1.165) is 5.69 Å². The highest BCUT2D eigenvalue weighted by molar-refractivity contribution is 5.78. The molecule has 0 aliphatic rings. The molecule has 1 aromatic rings. The molecule has 0 saturated carbocycles. The Morgan fingerprint density at radius 1 is 1.53 bits per heavy atom. The molecule has 4 nitrogen and oxygen atoms in total. The van der Waals surface area contributed by atoms with Gasteiger partial charge in [0.2, 0.25) is 0 Å². The standard InChI is InChI=1S/C14H21FN2O2/c1-3-14(16,13(18)19)8-5-9-17(2)12-7-4-6-11(15)10-12/h4,6-7,10H,3,5,8-9,16H2,1-2H3,(H,18,19). The summed E-state index contributed by atoms with van der Waals surface area (Å²) >= 11 is 0. The first kappa shape index (κ1) is 15.4. The first-order valence-electron chi connectivity index (χ1n) is 6.38. The summed E-state index contributed by atoms with van der Waals surface area (Å²) in [7, 11) is 1.85. The predicted octanol–water partition coefficient (Wildman–Crippen LogP) is 2.23. The predicted molar refractivity (Wildman–Crippen MR) is 73.7 cm³/mol. The monoisotopic (exact) mass is 268 g/mol. The third kappa shape index (κ3) is 4.21. The van der Waals surface area contributed by atoms with E-state index in [0.29, 0.717) is 25.8 Å². The zero-order valence-corrected chi connectivity index (χ0v) is 11.4. The molecule has 1 rings (SSSR count). The van der Waals surface area contributed by atoms with E-state index in [1.54, 1.807) is 13.0 Å². The molecule has 0 fully saturated rings. The average Bonchev–Trinajstić information content (AvgIpc) is 2.38. The smallest absolute Gasteiger partial charge is 0.323 e. The van der Waals surface area contributed by atoms with E-state index in [1.165, 1.54) is 12.1 Å². The summed E-state index contributed by atoms with van der Waals surface area (Å²) in [5, 5.41) is 9.06. The van der Waals surface area contributed by atoms with E-state index in [-0.39, 0.29) is 5.82 Å². The largest absolute Gasteiger partial charge is 0.480 e. The summed E-state index contributed by atoms with van der Waals surface area (Å²) < 4.78 is 13.1. The van der Waals surface area contributed by atoms with Crippen LogP contribution in [-0.4, -0.2) is 30.2 Å². The molecule has 0 aliphatic carbocycles. The Hall–Kier alpha value is -1.62. The molecule has 0 aliphatic heterocycles. The number of anilines is 1. The number of nitrogens with zero attached hydrogens (tertiary/aromatic N) is 1.